The molecule has 9 heteroatoms. The van der Waals surface area contributed by atoms with Gasteiger partial charge in [-0.05, 0) is 24.3 Å². The molecule has 1 aromatic heterocycles. The average molecular weight is 434 g/mol. The van der Waals surface area contributed by atoms with E-state index in [4.69, 9.17) is 9.47 Å². The van der Waals surface area contributed by atoms with Gasteiger partial charge in [0.15, 0.2) is 6.61 Å². The van der Waals surface area contributed by atoms with E-state index in [0.717, 1.165) is 6.07 Å². The molecular weight excluding hydrogens is 416 g/mol. The number of benzene rings is 2. The van der Waals surface area contributed by atoms with Crippen LogP contribution in [0.4, 0.5) is 17.6 Å². The van der Waals surface area contributed by atoms with E-state index in [2.05, 4.69) is 4.98 Å². The lowest BCUT2D eigenvalue weighted by Crippen LogP contribution is -2.43. The molecular formula is C22H18F4N2O3. The zero-order valence-electron chi connectivity index (χ0n) is 16.3. The van der Waals surface area contributed by atoms with Gasteiger partial charge in [-0.3, -0.25) is 4.79 Å². The molecule has 5 nitrogen and oxygen atoms in total. The van der Waals surface area contributed by atoms with Gasteiger partial charge in [0.2, 0.25) is 0 Å². The highest BCUT2D eigenvalue weighted by atomic mass is 19.4. The second kappa shape index (κ2) is 8.50. The van der Waals surface area contributed by atoms with Crippen LogP contribution >= 0.6 is 0 Å². The Morgan fingerprint density at radius 3 is 2.55 bits per heavy atom. The first-order valence-corrected chi connectivity index (χ1v) is 9.59. The fourth-order valence-corrected chi connectivity index (χ4v) is 3.45. The normalized spacial score (nSPS) is 14.6. The van der Waals surface area contributed by atoms with Gasteiger partial charge in [0.1, 0.15) is 11.6 Å². The third-order valence-corrected chi connectivity index (χ3v) is 4.97. The molecule has 0 N–H and O–H groups in total. The molecule has 0 aliphatic carbocycles. The van der Waals surface area contributed by atoms with Gasteiger partial charge in [-0.1, -0.05) is 18.2 Å². The summed E-state index contributed by atoms with van der Waals surface area (Å²) in [5, 5.41) is -0.273. The number of carbonyl (C=O) groups is 1. The number of pyridine rings is 1. The minimum Gasteiger partial charge on any atom is -0.483 e. The molecule has 0 saturated carbocycles. The number of halogens is 4. The van der Waals surface area contributed by atoms with Crippen molar-refractivity contribution in [2.24, 2.45) is 0 Å². The molecule has 0 radical (unpaired) electrons. The predicted octanol–water partition coefficient (Wildman–Crippen LogP) is 4.30. The molecule has 1 aliphatic heterocycles. The van der Waals surface area contributed by atoms with E-state index in [9.17, 15) is 22.4 Å². The summed E-state index contributed by atoms with van der Waals surface area (Å²) < 4.78 is 66.0. The smallest absolute Gasteiger partial charge is 0.417 e. The van der Waals surface area contributed by atoms with Crippen LogP contribution in [-0.4, -0.2) is 48.7 Å². The van der Waals surface area contributed by atoms with Crippen LogP contribution in [0.5, 0.6) is 5.75 Å². The fraction of sp³-hybridized carbons (Fsp3) is 0.273. The summed E-state index contributed by atoms with van der Waals surface area (Å²) >= 11 is 0. The zero-order valence-corrected chi connectivity index (χ0v) is 16.3. The van der Waals surface area contributed by atoms with Crippen LogP contribution in [0.25, 0.3) is 22.2 Å². The minimum absolute atomic E-state index is 0.00982. The minimum atomic E-state index is -4.66. The number of rotatable bonds is 4. The quantitative estimate of drug-likeness (QED) is 0.575. The van der Waals surface area contributed by atoms with Crippen molar-refractivity contribution in [2.45, 2.75) is 6.18 Å². The Hall–Kier alpha value is -3.20. The topological polar surface area (TPSA) is 51.7 Å². The molecule has 0 spiro atoms. The van der Waals surface area contributed by atoms with Gasteiger partial charge in [0.05, 0.1) is 35.4 Å². The molecule has 1 aliphatic rings. The number of alkyl halides is 3. The summed E-state index contributed by atoms with van der Waals surface area (Å²) in [5.74, 6) is -1.13. The van der Waals surface area contributed by atoms with Gasteiger partial charge in [0, 0.05) is 24.7 Å². The number of fused-ring (bicyclic) bond motifs is 1. The molecule has 1 fully saturated rings. The van der Waals surface area contributed by atoms with E-state index in [1.54, 1.807) is 6.07 Å². The van der Waals surface area contributed by atoms with Crippen molar-refractivity contribution in [1.82, 2.24) is 9.88 Å². The van der Waals surface area contributed by atoms with Crippen LogP contribution in [-0.2, 0) is 15.7 Å². The van der Waals surface area contributed by atoms with Gasteiger partial charge in [-0.2, -0.15) is 13.2 Å². The lowest BCUT2D eigenvalue weighted by molar-refractivity contribution is -0.137. The number of aromatic nitrogens is 1. The van der Waals surface area contributed by atoms with Gasteiger partial charge in [-0.15, -0.1) is 0 Å². The monoisotopic (exact) mass is 434 g/mol. The van der Waals surface area contributed by atoms with E-state index in [0.29, 0.717) is 26.3 Å². The van der Waals surface area contributed by atoms with E-state index in [1.807, 2.05) is 0 Å². The van der Waals surface area contributed by atoms with Gasteiger partial charge in [-0.25, -0.2) is 9.37 Å². The summed E-state index contributed by atoms with van der Waals surface area (Å²) in [6, 6.07) is 10.6. The maximum atomic E-state index is 14.3. The highest BCUT2D eigenvalue weighted by Gasteiger charge is 2.34. The van der Waals surface area contributed by atoms with Crippen molar-refractivity contribution in [3.63, 3.8) is 0 Å². The molecule has 1 saturated heterocycles. The van der Waals surface area contributed by atoms with E-state index in [1.165, 1.54) is 41.3 Å². The van der Waals surface area contributed by atoms with Crippen LogP contribution in [0.15, 0.2) is 48.5 Å². The second-order valence-electron chi connectivity index (χ2n) is 6.96. The fourth-order valence-electron chi connectivity index (χ4n) is 3.45. The first-order valence-electron chi connectivity index (χ1n) is 9.59. The molecule has 2 aromatic carbocycles. The standard InChI is InChI=1S/C22H18F4N2O3/c23-16-6-2-1-4-14(16)18-12-19(31-13-20(29)28-8-10-30-11-9-28)21-15(22(24,25)26)5-3-7-17(21)27-18/h1-7,12H,8-11,13H2. The number of hydrogen-bond donors (Lipinski definition) is 0. The van der Waals surface area contributed by atoms with Crippen molar-refractivity contribution >= 4 is 16.8 Å². The van der Waals surface area contributed by atoms with Crippen LogP contribution in [0.3, 0.4) is 0 Å². The molecule has 162 valence electrons. The molecule has 0 bridgehead atoms. The molecule has 31 heavy (non-hydrogen) atoms. The van der Waals surface area contributed by atoms with E-state index >= 15 is 0 Å². The number of amides is 1. The first kappa shape index (κ1) is 21.0. The lowest BCUT2D eigenvalue weighted by Gasteiger charge is -2.27. The van der Waals surface area contributed by atoms with Gasteiger partial charge < -0.3 is 14.4 Å². The van der Waals surface area contributed by atoms with Crippen molar-refractivity contribution in [3.8, 4) is 17.0 Å². The molecule has 4 rings (SSSR count). The van der Waals surface area contributed by atoms with Crippen molar-refractivity contribution in [2.75, 3.05) is 32.9 Å². The lowest BCUT2D eigenvalue weighted by atomic mass is 10.0. The Morgan fingerprint density at radius 2 is 1.84 bits per heavy atom. The Balaban J connectivity index is 1.78. The summed E-state index contributed by atoms with van der Waals surface area (Å²) in [5.41, 5.74) is -0.722. The number of carbonyl (C=O) groups excluding carboxylic acids is 1. The number of nitrogens with zero attached hydrogens (tertiary/aromatic N) is 2. The average Bonchev–Trinajstić information content (AvgIpc) is 2.77. The Labute approximate surface area is 175 Å². The molecule has 0 atom stereocenters. The number of hydrogen-bond acceptors (Lipinski definition) is 4. The highest BCUT2D eigenvalue weighted by Crippen LogP contribution is 2.40. The summed E-state index contributed by atoms with van der Waals surface area (Å²) in [6.07, 6.45) is -4.66. The Bertz CT molecular complexity index is 1110. The zero-order chi connectivity index (χ0) is 22.0. The van der Waals surface area contributed by atoms with E-state index < -0.39 is 24.2 Å². The summed E-state index contributed by atoms with van der Waals surface area (Å²) in [7, 11) is 0. The number of ether oxygens (including phenoxy) is 2. The second-order valence-corrected chi connectivity index (χ2v) is 6.96. The molecule has 3 aromatic rings. The molecule has 0 unspecified atom stereocenters. The van der Waals surface area contributed by atoms with Crippen LogP contribution in [0, 0.1) is 5.82 Å². The maximum absolute atomic E-state index is 14.3. The maximum Gasteiger partial charge on any atom is 0.417 e. The van der Waals surface area contributed by atoms with Gasteiger partial charge in [0.25, 0.3) is 5.91 Å². The first-order chi connectivity index (χ1) is 14.8. The number of morpholine rings is 1. The Kier molecular flexibility index (Phi) is 5.77. The Morgan fingerprint density at radius 1 is 1.10 bits per heavy atom. The van der Waals surface area contributed by atoms with Crippen molar-refractivity contribution in [1.29, 1.82) is 0 Å². The summed E-state index contributed by atoms with van der Waals surface area (Å²) in [4.78, 5) is 18.2. The van der Waals surface area contributed by atoms with Crippen LogP contribution in [0.1, 0.15) is 5.56 Å². The third kappa shape index (κ3) is 4.46. The van der Waals surface area contributed by atoms with Crippen LogP contribution < -0.4 is 4.74 Å². The van der Waals surface area contributed by atoms with Gasteiger partial charge >= 0.3 is 6.18 Å². The predicted molar refractivity (Wildman–Crippen MR) is 105 cm³/mol. The largest absolute Gasteiger partial charge is 0.483 e. The van der Waals surface area contributed by atoms with Crippen LogP contribution in [0.2, 0.25) is 0 Å². The van der Waals surface area contributed by atoms with Crippen molar-refractivity contribution < 1.29 is 31.8 Å². The summed E-state index contributed by atoms with van der Waals surface area (Å²) in [6.45, 7) is 1.09. The van der Waals surface area contributed by atoms with Crippen molar-refractivity contribution in [3.05, 3.63) is 59.9 Å². The van der Waals surface area contributed by atoms with E-state index in [-0.39, 0.29) is 33.8 Å². The SMILES string of the molecule is O=C(COc1cc(-c2ccccc2F)nc2cccc(C(F)(F)F)c12)N1CCOCC1. The molecule has 1 amide bonds. The third-order valence-electron chi connectivity index (χ3n) is 4.97. The highest BCUT2D eigenvalue weighted by molar-refractivity contribution is 5.91. The molecule has 2 heterocycles.